The summed E-state index contributed by atoms with van der Waals surface area (Å²) in [5.41, 5.74) is -2.16. The number of benzene rings is 1. The molecule has 8 heteroatoms. The molecular weight excluding hydrogens is 323 g/mol. The lowest BCUT2D eigenvalue weighted by atomic mass is 10.0. The summed E-state index contributed by atoms with van der Waals surface area (Å²) in [6, 6.07) is 4.96. The van der Waals surface area contributed by atoms with Crippen molar-refractivity contribution >= 4 is 5.69 Å². The number of morpholine rings is 1. The zero-order valence-corrected chi connectivity index (χ0v) is 13.4. The Morgan fingerprint density at radius 1 is 1.33 bits per heavy atom. The molecule has 1 aliphatic rings. The van der Waals surface area contributed by atoms with Crippen molar-refractivity contribution in [3.05, 3.63) is 29.3 Å². The maximum Gasteiger partial charge on any atom is 0.418 e. The van der Waals surface area contributed by atoms with Crippen LogP contribution in [0.2, 0.25) is 0 Å². The van der Waals surface area contributed by atoms with Crippen LogP contribution in [-0.2, 0) is 10.9 Å². The maximum absolute atomic E-state index is 13.1. The Bertz CT molecular complexity index is 606. The second kappa shape index (κ2) is 7.38. The number of ether oxygens (including phenoxy) is 1. The van der Waals surface area contributed by atoms with Crippen LogP contribution >= 0.6 is 0 Å². The van der Waals surface area contributed by atoms with E-state index >= 15 is 0 Å². The summed E-state index contributed by atoms with van der Waals surface area (Å²) >= 11 is 0. The summed E-state index contributed by atoms with van der Waals surface area (Å²) in [4.78, 5) is 2.00. The predicted molar refractivity (Wildman–Crippen MR) is 82.5 cm³/mol. The fourth-order valence-corrected chi connectivity index (χ4v) is 2.59. The van der Waals surface area contributed by atoms with Crippen LogP contribution in [0.15, 0.2) is 18.2 Å². The highest BCUT2D eigenvalue weighted by atomic mass is 19.4. The van der Waals surface area contributed by atoms with E-state index in [9.17, 15) is 18.3 Å². The molecule has 0 amide bonds. The Balaban J connectivity index is 2.08. The van der Waals surface area contributed by atoms with Crippen LogP contribution in [-0.4, -0.2) is 55.0 Å². The minimum absolute atomic E-state index is 0.0671. The molecule has 132 valence electrons. The number of β-amino-alcohol motifs (C(OH)–C–C–N with tert-alkyl or cyclic N) is 1. The second-order valence-corrected chi connectivity index (χ2v) is 6.11. The van der Waals surface area contributed by atoms with E-state index in [4.69, 9.17) is 10.00 Å². The second-order valence-electron chi connectivity index (χ2n) is 6.11. The van der Waals surface area contributed by atoms with E-state index in [-0.39, 0.29) is 17.8 Å². The van der Waals surface area contributed by atoms with Gasteiger partial charge in [-0.15, -0.1) is 0 Å². The van der Waals surface area contributed by atoms with E-state index in [2.05, 4.69) is 5.32 Å². The number of nitriles is 1. The Labute approximate surface area is 138 Å². The molecule has 0 saturated carbocycles. The first-order valence-electron chi connectivity index (χ1n) is 7.59. The molecule has 0 radical (unpaired) electrons. The minimum Gasteiger partial charge on any atom is -0.387 e. The third kappa shape index (κ3) is 5.09. The fraction of sp³-hybridized carbons (Fsp3) is 0.562. The van der Waals surface area contributed by atoms with Crippen molar-refractivity contribution in [2.24, 2.45) is 0 Å². The topological polar surface area (TPSA) is 68.5 Å². The SMILES string of the molecule is C[C@](O)(CNc1cc(C#N)ccc1C(F)(F)F)CN1CCOCC1. The van der Waals surface area contributed by atoms with Crippen LogP contribution in [0.5, 0.6) is 0 Å². The number of nitrogens with one attached hydrogen (secondary N) is 1. The summed E-state index contributed by atoms with van der Waals surface area (Å²) < 4.78 is 44.4. The smallest absolute Gasteiger partial charge is 0.387 e. The van der Waals surface area contributed by atoms with Gasteiger partial charge >= 0.3 is 6.18 Å². The molecule has 1 heterocycles. The van der Waals surface area contributed by atoms with Crippen molar-refractivity contribution in [3.8, 4) is 6.07 Å². The van der Waals surface area contributed by atoms with Crippen LogP contribution in [0.3, 0.4) is 0 Å². The normalized spacial score (nSPS) is 18.7. The highest BCUT2D eigenvalue weighted by Crippen LogP contribution is 2.35. The number of halogens is 3. The quantitative estimate of drug-likeness (QED) is 0.857. The van der Waals surface area contributed by atoms with Gasteiger partial charge in [0.1, 0.15) is 0 Å². The summed E-state index contributed by atoms with van der Waals surface area (Å²) in [6.07, 6.45) is -4.54. The number of aliphatic hydroxyl groups is 1. The van der Waals surface area contributed by atoms with Crippen molar-refractivity contribution in [1.29, 1.82) is 5.26 Å². The summed E-state index contributed by atoms with van der Waals surface area (Å²) in [5.74, 6) is 0. The Morgan fingerprint density at radius 3 is 2.58 bits per heavy atom. The summed E-state index contributed by atoms with van der Waals surface area (Å²) in [6.45, 7) is 4.32. The third-order valence-electron chi connectivity index (χ3n) is 3.78. The highest BCUT2D eigenvalue weighted by molar-refractivity contribution is 5.57. The molecule has 0 spiro atoms. The van der Waals surface area contributed by atoms with Gasteiger partial charge in [-0.2, -0.15) is 18.4 Å². The molecule has 24 heavy (non-hydrogen) atoms. The first-order valence-corrected chi connectivity index (χ1v) is 7.59. The maximum atomic E-state index is 13.1. The van der Waals surface area contributed by atoms with Gasteiger partial charge in [0.25, 0.3) is 0 Å². The Hall–Kier alpha value is -1.82. The molecule has 2 rings (SSSR count). The van der Waals surface area contributed by atoms with Gasteiger partial charge in [0.05, 0.1) is 36.0 Å². The van der Waals surface area contributed by atoms with Gasteiger partial charge in [0.15, 0.2) is 0 Å². The van der Waals surface area contributed by atoms with E-state index in [1.54, 1.807) is 6.92 Å². The molecule has 1 fully saturated rings. The van der Waals surface area contributed by atoms with Crippen molar-refractivity contribution in [3.63, 3.8) is 0 Å². The van der Waals surface area contributed by atoms with E-state index < -0.39 is 17.3 Å². The zero-order valence-electron chi connectivity index (χ0n) is 13.4. The highest BCUT2D eigenvalue weighted by Gasteiger charge is 2.34. The van der Waals surface area contributed by atoms with Crippen LogP contribution in [0, 0.1) is 11.3 Å². The average molecular weight is 343 g/mol. The van der Waals surface area contributed by atoms with Crippen LogP contribution in [0.1, 0.15) is 18.1 Å². The van der Waals surface area contributed by atoms with E-state index in [1.165, 1.54) is 0 Å². The van der Waals surface area contributed by atoms with E-state index in [0.717, 1.165) is 18.2 Å². The lowest BCUT2D eigenvalue weighted by molar-refractivity contribution is -0.137. The molecule has 0 aliphatic carbocycles. The number of hydrogen-bond acceptors (Lipinski definition) is 5. The lowest BCUT2D eigenvalue weighted by Gasteiger charge is -2.34. The van der Waals surface area contributed by atoms with Crippen LogP contribution in [0.25, 0.3) is 0 Å². The lowest BCUT2D eigenvalue weighted by Crippen LogP contribution is -2.49. The minimum atomic E-state index is -4.54. The summed E-state index contributed by atoms with van der Waals surface area (Å²) in [5, 5.41) is 22.0. The van der Waals surface area contributed by atoms with Crippen molar-refractivity contribution in [2.75, 3.05) is 44.7 Å². The molecular formula is C16H20F3N3O2. The Kier molecular flexibility index (Phi) is 5.70. The summed E-state index contributed by atoms with van der Waals surface area (Å²) in [7, 11) is 0. The number of alkyl halides is 3. The van der Waals surface area contributed by atoms with E-state index in [0.29, 0.717) is 32.8 Å². The molecule has 1 atom stereocenters. The zero-order chi connectivity index (χ0) is 17.8. The van der Waals surface area contributed by atoms with E-state index in [1.807, 2.05) is 11.0 Å². The van der Waals surface area contributed by atoms with Crippen LogP contribution in [0.4, 0.5) is 18.9 Å². The van der Waals surface area contributed by atoms with Crippen molar-refractivity contribution in [1.82, 2.24) is 4.90 Å². The molecule has 0 unspecified atom stereocenters. The van der Waals surface area contributed by atoms with Gasteiger partial charge in [-0.3, -0.25) is 4.90 Å². The molecule has 1 aromatic rings. The molecule has 5 nitrogen and oxygen atoms in total. The molecule has 1 saturated heterocycles. The third-order valence-corrected chi connectivity index (χ3v) is 3.78. The van der Waals surface area contributed by atoms with Gasteiger partial charge in [0, 0.05) is 31.9 Å². The van der Waals surface area contributed by atoms with Gasteiger partial charge in [-0.25, -0.2) is 0 Å². The average Bonchev–Trinajstić information content (AvgIpc) is 2.52. The number of anilines is 1. The first kappa shape index (κ1) is 18.5. The van der Waals surface area contributed by atoms with Gasteiger partial charge in [-0.05, 0) is 25.1 Å². The number of nitrogens with zero attached hydrogens (tertiary/aromatic N) is 2. The van der Waals surface area contributed by atoms with Gasteiger partial charge in [-0.1, -0.05) is 0 Å². The molecule has 0 aromatic heterocycles. The monoisotopic (exact) mass is 343 g/mol. The van der Waals surface area contributed by atoms with Gasteiger partial charge in [0.2, 0.25) is 0 Å². The molecule has 1 aromatic carbocycles. The fourth-order valence-electron chi connectivity index (χ4n) is 2.59. The largest absolute Gasteiger partial charge is 0.418 e. The Morgan fingerprint density at radius 2 is 2.00 bits per heavy atom. The molecule has 0 bridgehead atoms. The predicted octanol–water partition coefficient (Wildman–Crippen LogP) is 2.07. The molecule has 1 aliphatic heterocycles. The van der Waals surface area contributed by atoms with Crippen molar-refractivity contribution < 1.29 is 23.0 Å². The number of rotatable bonds is 5. The number of hydrogen-bond donors (Lipinski definition) is 2. The van der Waals surface area contributed by atoms with Gasteiger partial charge < -0.3 is 15.2 Å². The van der Waals surface area contributed by atoms with Crippen molar-refractivity contribution in [2.45, 2.75) is 18.7 Å². The standard InChI is InChI=1S/C16H20F3N3O2/c1-15(23,11-22-4-6-24-7-5-22)10-21-14-8-12(9-20)2-3-13(14)16(17,18)19/h2-3,8,21,23H,4-7,10-11H2,1H3/t15-/m0/s1. The first-order chi connectivity index (χ1) is 11.2. The molecule has 2 N–H and O–H groups in total. The van der Waals surface area contributed by atoms with Crippen LogP contribution < -0.4 is 5.32 Å².